The number of rotatable bonds is 5. The van der Waals surface area contributed by atoms with Gasteiger partial charge in [0.05, 0.1) is 17.9 Å². The molecule has 150 valence electrons. The molecule has 0 radical (unpaired) electrons. The lowest BCUT2D eigenvalue weighted by Crippen LogP contribution is -2.28. The molecule has 0 spiro atoms. The number of nitrogens with one attached hydrogen (secondary N) is 1. The van der Waals surface area contributed by atoms with E-state index >= 15 is 0 Å². The molecule has 0 bridgehead atoms. The first-order valence-corrected chi connectivity index (χ1v) is 9.37. The number of nitrogens with zero attached hydrogens (tertiary/aromatic N) is 4. The van der Waals surface area contributed by atoms with E-state index in [1.165, 1.54) is 37.1 Å². The third-order valence-electron chi connectivity index (χ3n) is 3.66. The van der Waals surface area contributed by atoms with E-state index in [4.69, 9.17) is 11.6 Å². The summed E-state index contributed by atoms with van der Waals surface area (Å²) in [7, 11) is 0. The van der Waals surface area contributed by atoms with Gasteiger partial charge >= 0.3 is 5.51 Å². The minimum atomic E-state index is -4.49. The Morgan fingerprint density at radius 3 is 2.52 bits per heavy atom. The van der Waals surface area contributed by atoms with Crippen molar-refractivity contribution in [2.24, 2.45) is 0 Å². The molecule has 11 heteroatoms. The highest BCUT2D eigenvalue weighted by atomic mass is 35.5. The molecule has 1 unspecified atom stereocenters. The maximum atomic E-state index is 12.6. The average molecular weight is 440 g/mol. The van der Waals surface area contributed by atoms with Crippen LogP contribution in [0.1, 0.15) is 29.0 Å². The van der Waals surface area contributed by atoms with Crippen LogP contribution in [-0.2, 0) is 0 Å². The van der Waals surface area contributed by atoms with Gasteiger partial charge in [0, 0.05) is 40.3 Å². The summed E-state index contributed by atoms with van der Waals surface area (Å²) in [4.78, 5) is 29.1. The zero-order chi connectivity index (χ0) is 21.0. The van der Waals surface area contributed by atoms with E-state index in [0.29, 0.717) is 17.1 Å². The molecule has 1 N–H and O–H groups in total. The summed E-state index contributed by atoms with van der Waals surface area (Å²) in [5.41, 5.74) is -3.14. The first kappa shape index (κ1) is 21.0. The SMILES string of the molecule is CC(NC(=O)c1cc(Cl)cc(SC(F)(F)F)c1)c1nccnc1-c1cnccn1. The van der Waals surface area contributed by atoms with Crippen LogP contribution >= 0.6 is 23.4 Å². The van der Waals surface area contributed by atoms with Gasteiger partial charge in [0.15, 0.2) is 0 Å². The smallest absolute Gasteiger partial charge is 0.344 e. The molecule has 1 amide bonds. The molecule has 0 saturated carbocycles. The minimum Gasteiger partial charge on any atom is -0.344 e. The van der Waals surface area contributed by atoms with Crippen LogP contribution in [-0.4, -0.2) is 31.4 Å². The topological polar surface area (TPSA) is 80.7 Å². The number of thioether (sulfide) groups is 1. The lowest BCUT2D eigenvalue weighted by molar-refractivity contribution is -0.0328. The fraction of sp³-hybridized carbons (Fsp3) is 0.167. The van der Waals surface area contributed by atoms with Gasteiger partial charge in [-0.15, -0.1) is 0 Å². The van der Waals surface area contributed by atoms with Gasteiger partial charge in [-0.05, 0) is 36.9 Å². The summed E-state index contributed by atoms with van der Waals surface area (Å²) >= 11 is 5.54. The van der Waals surface area contributed by atoms with Crippen LogP contribution in [0.3, 0.4) is 0 Å². The number of carbonyl (C=O) groups is 1. The highest BCUT2D eigenvalue weighted by molar-refractivity contribution is 8.00. The summed E-state index contributed by atoms with van der Waals surface area (Å²) in [6, 6.07) is 2.97. The van der Waals surface area contributed by atoms with Crippen molar-refractivity contribution < 1.29 is 18.0 Å². The third kappa shape index (κ3) is 5.64. The number of halogens is 4. The second-order valence-corrected chi connectivity index (χ2v) is 7.37. The highest BCUT2D eigenvalue weighted by Crippen LogP contribution is 2.38. The van der Waals surface area contributed by atoms with Crippen LogP contribution in [0.5, 0.6) is 0 Å². The molecule has 29 heavy (non-hydrogen) atoms. The average Bonchev–Trinajstić information content (AvgIpc) is 2.66. The number of alkyl halides is 3. The molecular weight excluding hydrogens is 427 g/mol. The fourth-order valence-electron chi connectivity index (χ4n) is 2.52. The lowest BCUT2D eigenvalue weighted by Gasteiger charge is -2.16. The van der Waals surface area contributed by atoms with Crippen LogP contribution < -0.4 is 5.32 Å². The van der Waals surface area contributed by atoms with E-state index in [-0.39, 0.29) is 27.2 Å². The largest absolute Gasteiger partial charge is 0.446 e. The molecule has 0 fully saturated rings. The van der Waals surface area contributed by atoms with E-state index in [1.54, 1.807) is 6.92 Å². The van der Waals surface area contributed by atoms with Crippen molar-refractivity contribution in [2.45, 2.75) is 23.4 Å². The molecule has 6 nitrogen and oxygen atoms in total. The molecule has 0 aliphatic carbocycles. The van der Waals surface area contributed by atoms with Crippen LogP contribution in [0.15, 0.2) is 54.1 Å². The Hall–Kier alpha value is -2.72. The van der Waals surface area contributed by atoms with Gasteiger partial charge < -0.3 is 5.32 Å². The standard InChI is InChI=1S/C18H13ClF3N5OS/c1-10(15-16(26-5-4-25-15)14-9-23-2-3-24-14)27-17(28)11-6-12(19)8-13(7-11)29-18(20,21)22/h2-10H,1H3,(H,27,28). The first-order valence-electron chi connectivity index (χ1n) is 8.17. The predicted molar refractivity (Wildman–Crippen MR) is 102 cm³/mol. The van der Waals surface area contributed by atoms with Crippen molar-refractivity contribution in [3.8, 4) is 11.4 Å². The van der Waals surface area contributed by atoms with Crippen LogP contribution in [0, 0.1) is 0 Å². The summed E-state index contributed by atoms with van der Waals surface area (Å²) < 4.78 is 37.9. The molecule has 2 aromatic heterocycles. The maximum absolute atomic E-state index is 12.6. The Morgan fingerprint density at radius 1 is 1.10 bits per heavy atom. The van der Waals surface area contributed by atoms with Gasteiger partial charge in [0.1, 0.15) is 11.4 Å². The summed E-state index contributed by atoms with van der Waals surface area (Å²) in [6.45, 7) is 1.68. The van der Waals surface area contributed by atoms with E-state index in [9.17, 15) is 18.0 Å². The summed E-state index contributed by atoms with van der Waals surface area (Å²) in [5, 5.41) is 2.73. The number of hydrogen-bond donors (Lipinski definition) is 1. The van der Waals surface area contributed by atoms with Crippen LogP contribution in [0.25, 0.3) is 11.4 Å². The van der Waals surface area contributed by atoms with E-state index < -0.39 is 17.5 Å². The second-order valence-electron chi connectivity index (χ2n) is 5.80. The third-order valence-corrected chi connectivity index (χ3v) is 4.58. The molecular formula is C18H13ClF3N5OS. The molecule has 0 aliphatic rings. The molecule has 3 rings (SSSR count). The fourth-order valence-corrected chi connectivity index (χ4v) is 3.46. The minimum absolute atomic E-state index is 0.000966. The van der Waals surface area contributed by atoms with Gasteiger partial charge in [-0.3, -0.25) is 24.7 Å². The van der Waals surface area contributed by atoms with Crippen LogP contribution in [0.4, 0.5) is 13.2 Å². The van der Waals surface area contributed by atoms with Gasteiger partial charge in [-0.25, -0.2) is 0 Å². The first-order chi connectivity index (χ1) is 13.7. The Kier molecular flexibility index (Phi) is 6.33. The Labute approximate surface area is 173 Å². The van der Waals surface area contributed by atoms with E-state index in [1.807, 2.05) is 0 Å². The predicted octanol–water partition coefficient (Wildman–Crippen LogP) is 4.69. The lowest BCUT2D eigenvalue weighted by atomic mass is 10.1. The van der Waals surface area contributed by atoms with Gasteiger partial charge in [0.25, 0.3) is 5.91 Å². The molecule has 0 aliphatic heterocycles. The number of amides is 1. The quantitative estimate of drug-likeness (QED) is 0.581. The number of benzene rings is 1. The maximum Gasteiger partial charge on any atom is 0.446 e. The summed E-state index contributed by atoms with van der Waals surface area (Å²) in [6.07, 6.45) is 7.48. The zero-order valence-electron chi connectivity index (χ0n) is 14.8. The molecule has 2 heterocycles. The Bertz CT molecular complexity index is 1020. The van der Waals surface area contributed by atoms with Gasteiger partial charge in [-0.1, -0.05) is 11.6 Å². The van der Waals surface area contributed by atoms with Gasteiger partial charge in [0.2, 0.25) is 0 Å². The van der Waals surface area contributed by atoms with E-state index in [2.05, 4.69) is 25.3 Å². The van der Waals surface area contributed by atoms with Crippen molar-refractivity contribution >= 4 is 29.3 Å². The molecule has 3 aromatic rings. The van der Waals surface area contributed by atoms with Crippen molar-refractivity contribution in [3.05, 3.63) is 65.5 Å². The Balaban J connectivity index is 1.84. The molecule has 0 saturated heterocycles. The Morgan fingerprint density at radius 2 is 1.83 bits per heavy atom. The normalized spacial score (nSPS) is 12.4. The van der Waals surface area contributed by atoms with Crippen LogP contribution in [0.2, 0.25) is 5.02 Å². The van der Waals surface area contributed by atoms with Crippen molar-refractivity contribution in [3.63, 3.8) is 0 Å². The monoisotopic (exact) mass is 439 g/mol. The number of hydrogen-bond acceptors (Lipinski definition) is 6. The van der Waals surface area contributed by atoms with Gasteiger partial charge in [-0.2, -0.15) is 13.2 Å². The second kappa shape index (κ2) is 8.75. The summed E-state index contributed by atoms with van der Waals surface area (Å²) in [5.74, 6) is -0.597. The zero-order valence-corrected chi connectivity index (χ0v) is 16.4. The van der Waals surface area contributed by atoms with Crippen molar-refractivity contribution in [2.75, 3.05) is 0 Å². The number of carbonyl (C=O) groups excluding carboxylic acids is 1. The van der Waals surface area contributed by atoms with Crippen molar-refractivity contribution in [1.29, 1.82) is 0 Å². The van der Waals surface area contributed by atoms with E-state index in [0.717, 1.165) is 12.1 Å². The van der Waals surface area contributed by atoms with Crippen molar-refractivity contribution in [1.82, 2.24) is 25.3 Å². The number of aromatic nitrogens is 4. The molecule has 1 atom stereocenters. The highest BCUT2D eigenvalue weighted by Gasteiger charge is 2.30. The molecule has 1 aromatic carbocycles.